The summed E-state index contributed by atoms with van der Waals surface area (Å²) < 4.78 is 19.3. The van der Waals surface area contributed by atoms with Gasteiger partial charge in [0.15, 0.2) is 0 Å². The van der Waals surface area contributed by atoms with Crippen LogP contribution in [0.25, 0.3) is 0 Å². The molecule has 0 aromatic carbocycles. The normalized spacial score (nSPS) is 14.6. The van der Waals surface area contributed by atoms with Crippen molar-refractivity contribution in [3.63, 3.8) is 0 Å². The molecule has 3 nitrogen and oxygen atoms in total. The van der Waals surface area contributed by atoms with Crippen LogP contribution in [0.1, 0.15) is 38.8 Å². The molecule has 1 rings (SSSR count). The molecule has 17 heavy (non-hydrogen) atoms. The quantitative estimate of drug-likeness (QED) is 0.795. The maximum Gasteiger partial charge on any atom is 0.146 e. The molecule has 0 saturated carbocycles. The molecule has 0 spiro atoms. The van der Waals surface area contributed by atoms with Gasteiger partial charge in [-0.1, -0.05) is 6.92 Å². The minimum absolute atomic E-state index is 0.0663. The van der Waals surface area contributed by atoms with Crippen LogP contribution in [0.15, 0.2) is 18.5 Å². The van der Waals surface area contributed by atoms with E-state index in [1.54, 1.807) is 12.3 Å². The molecule has 0 radical (unpaired) electrons. The maximum atomic E-state index is 13.7. The Hall–Kier alpha value is -1.00. The molecular weight excluding hydrogens is 219 g/mol. The first-order valence-electron chi connectivity index (χ1n) is 6.15. The number of nitrogens with one attached hydrogen (secondary N) is 1. The van der Waals surface area contributed by atoms with Crippen molar-refractivity contribution in [3.05, 3.63) is 29.8 Å². The van der Waals surface area contributed by atoms with Crippen LogP contribution < -0.4 is 5.32 Å². The van der Waals surface area contributed by atoms with Crippen molar-refractivity contribution in [3.8, 4) is 0 Å². The Morgan fingerprint density at radius 1 is 1.47 bits per heavy atom. The summed E-state index contributed by atoms with van der Waals surface area (Å²) in [6.45, 7) is 7.44. The number of halogens is 1. The second kappa shape index (κ2) is 7.35. The number of nitrogens with zero attached hydrogens (tertiary/aromatic N) is 1. The van der Waals surface area contributed by atoms with Crippen molar-refractivity contribution < 1.29 is 9.13 Å². The second-order valence-corrected chi connectivity index (χ2v) is 3.99. The molecule has 4 heteroatoms. The predicted molar refractivity (Wildman–Crippen MR) is 66.3 cm³/mol. The van der Waals surface area contributed by atoms with Crippen LogP contribution in [0.4, 0.5) is 4.39 Å². The highest BCUT2D eigenvalue weighted by atomic mass is 19.1. The van der Waals surface area contributed by atoms with Crippen molar-refractivity contribution in [2.24, 2.45) is 0 Å². The van der Waals surface area contributed by atoms with E-state index in [0.29, 0.717) is 12.2 Å². The Labute approximate surface area is 102 Å². The summed E-state index contributed by atoms with van der Waals surface area (Å²) >= 11 is 0. The van der Waals surface area contributed by atoms with Gasteiger partial charge in [0, 0.05) is 18.4 Å². The average Bonchev–Trinajstić information content (AvgIpc) is 2.32. The first-order chi connectivity index (χ1) is 8.20. The molecule has 1 N–H and O–H groups in total. The van der Waals surface area contributed by atoms with Crippen LogP contribution in [0.3, 0.4) is 0 Å². The minimum atomic E-state index is -0.285. The smallest absolute Gasteiger partial charge is 0.146 e. The van der Waals surface area contributed by atoms with Gasteiger partial charge < -0.3 is 10.1 Å². The molecule has 0 amide bonds. The van der Waals surface area contributed by atoms with Gasteiger partial charge in [0.1, 0.15) is 5.82 Å². The van der Waals surface area contributed by atoms with Gasteiger partial charge in [0.25, 0.3) is 0 Å². The molecular formula is C13H21FN2O. The van der Waals surface area contributed by atoms with Crippen LogP contribution in [-0.2, 0) is 4.74 Å². The molecule has 0 aliphatic heterocycles. The van der Waals surface area contributed by atoms with Crippen LogP contribution >= 0.6 is 0 Å². The summed E-state index contributed by atoms with van der Waals surface area (Å²) in [5.74, 6) is -0.285. The highest BCUT2D eigenvalue weighted by Gasteiger charge is 2.21. The third kappa shape index (κ3) is 4.06. The van der Waals surface area contributed by atoms with Gasteiger partial charge in [0.05, 0.1) is 18.3 Å². The molecule has 0 aliphatic rings. The Morgan fingerprint density at radius 2 is 2.24 bits per heavy atom. The molecule has 0 saturated heterocycles. The van der Waals surface area contributed by atoms with Gasteiger partial charge in [-0.2, -0.15) is 0 Å². The van der Waals surface area contributed by atoms with Crippen molar-refractivity contribution in [2.45, 2.75) is 39.3 Å². The summed E-state index contributed by atoms with van der Waals surface area (Å²) in [5, 5.41) is 3.32. The standard InChI is InChI=1S/C13H21FN2O/c1-4-7-16-13(10(3)17-5-2)11-6-8-15-9-12(11)14/h6,8-10,13,16H,4-5,7H2,1-3H3. The lowest BCUT2D eigenvalue weighted by Gasteiger charge is -2.25. The molecule has 0 fully saturated rings. The third-order valence-corrected chi connectivity index (χ3v) is 2.65. The lowest BCUT2D eigenvalue weighted by molar-refractivity contribution is 0.0462. The van der Waals surface area contributed by atoms with Crippen LogP contribution in [0.5, 0.6) is 0 Å². The highest BCUT2D eigenvalue weighted by Crippen LogP contribution is 2.21. The summed E-state index contributed by atoms with van der Waals surface area (Å²) in [4.78, 5) is 3.77. The second-order valence-electron chi connectivity index (χ2n) is 3.99. The molecule has 2 atom stereocenters. The van der Waals surface area contributed by atoms with Crippen molar-refractivity contribution in [1.82, 2.24) is 10.3 Å². The Balaban J connectivity index is 2.85. The highest BCUT2D eigenvalue weighted by molar-refractivity contribution is 5.18. The van der Waals surface area contributed by atoms with E-state index < -0.39 is 0 Å². The fourth-order valence-corrected chi connectivity index (χ4v) is 1.83. The molecule has 1 heterocycles. The Bertz CT molecular complexity index is 333. The number of pyridine rings is 1. The SMILES string of the molecule is CCCNC(c1ccncc1F)C(C)OCC. The fraction of sp³-hybridized carbons (Fsp3) is 0.615. The van der Waals surface area contributed by atoms with E-state index in [1.165, 1.54) is 6.20 Å². The van der Waals surface area contributed by atoms with Crippen molar-refractivity contribution in [2.75, 3.05) is 13.2 Å². The monoisotopic (exact) mass is 240 g/mol. The van der Waals surface area contributed by atoms with Crippen molar-refractivity contribution in [1.29, 1.82) is 0 Å². The lowest BCUT2D eigenvalue weighted by Crippen LogP contribution is -2.33. The van der Waals surface area contributed by atoms with E-state index in [0.717, 1.165) is 13.0 Å². The summed E-state index contributed by atoms with van der Waals surface area (Å²) in [5.41, 5.74) is 0.620. The molecule has 1 aromatic rings. The zero-order chi connectivity index (χ0) is 12.7. The molecule has 0 bridgehead atoms. The number of rotatable bonds is 7. The summed E-state index contributed by atoms with van der Waals surface area (Å²) in [6, 6.07) is 1.58. The van der Waals surface area contributed by atoms with E-state index in [1.807, 2.05) is 13.8 Å². The predicted octanol–water partition coefficient (Wildman–Crippen LogP) is 2.69. The topological polar surface area (TPSA) is 34.2 Å². The van der Waals surface area contributed by atoms with Gasteiger partial charge in [-0.05, 0) is 32.9 Å². The van der Waals surface area contributed by atoms with E-state index in [-0.39, 0.29) is 18.0 Å². The van der Waals surface area contributed by atoms with Gasteiger partial charge >= 0.3 is 0 Å². The Morgan fingerprint density at radius 3 is 2.82 bits per heavy atom. The Kier molecular flexibility index (Phi) is 6.08. The number of ether oxygens (including phenoxy) is 1. The lowest BCUT2D eigenvalue weighted by atomic mass is 10.0. The summed E-state index contributed by atoms with van der Waals surface area (Å²) in [6.07, 6.45) is 3.79. The van der Waals surface area contributed by atoms with Gasteiger partial charge in [0.2, 0.25) is 0 Å². The van der Waals surface area contributed by atoms with Crippen LogP contribution in [0, 0.1) is 5.82 Å². The zero-order valence-electron chi connectivity index (χ0n) is 10.7. The fourth-order valence-electron chi connectivity index (χ4n) is 1.83. The average molecular weight is 240 g/mol. The largest absolute Gasteiger partial charge is 0.377 e. The summed E-state index contributed by atoms with van der Waals surface area (Å²) in [7, 11) is 0. The molecule has 1 aromatic heterocycles. The van der Waals surface area contributed by atoms with Crippen molar-refractivity contribution >= 4 is 0 Å². The van der Waals surface area contributed by atoms with Gasteiger partial charge in [-0.3, -0.25) is 4.98 Å². The number of hydrogen-bond donors (Lipinski definition) is 1. The maximum absolute atomic E-state index is 13.7. The van der Waals surface area contributed by atoms with Gasteiger partial charge in [-0.15, -0.1) is 0 Å². The van der Waals surface area contributed by atoms with E-state index in [4.69, 9.17) is 4.74 Å². The number of hydrogen-bond acceptors (Lipinski definition) is 3. The van der Waals surface area contributed by atoms with Gasteiger partial charge in [-0.25, -0.2) is 4.39 Å². The zero-order valence-corrected chi connectivity index (χ0v) is 10.7. The van der Waals surface area contributed by atoms with E-state index in [9.17, 15) is 4.39 Å². The molecule has 96 valence electrons. The first-order valence-corrected chi connectivity index (χ1v) is 6.15. The molecule has 2 unspecified atom stereocenters. The first kappa shape index (κ1) is 14.1. The molecule has 0 aliphatic carbocycles. The van der Waals surface area contributed by atoms with E-state index in [2.05, 4.69) is 17.2 Å². The van der Waals surface area contributed by atoms with Crippen LogP contribution in [-0.4, -0.2) is 24.2 Å². The van der Waals surface area contributed by atoms with E-state index >= 15 is 0 Å². The minimum Gasteiger partial charge on any atom is -0.377 e. The third-order valence-electron chi connectivity index (χ3n) is 2.65. The van der Waals surface area contributed by atoms with Crippen LogP contribution in [0.2, 0.25) is 0 Å². The number of aromatic nitrogens is 1.